The van der Waals surface area contributed by atoms with Crippen LogP contribution in [0.15, 0.2) is 72.9 Å². The number of methoxy groups -OCH3 is 1. The molecule has 0 amide bonds. The van der Waals surface area contributed by atoms with Crippen LogP contribution in [-0.4, -0.2) is 44.5 Å². The monoisotopic (exact) mass is 602 g/mol. The Labute approximate surface area is 260 Å². The van der Waals surface area contributed by atoms with Crippen LogP contribution in [-0.2, 0) is 41.5 Å². The quantitative estimate of drug-likeness (QED) is 0.0458. The van der Waals surface area contributed by atoms with Gasteiger partial charge in [0.2, 0.25) is 0 Å². The van der Waals surface area contributed by atoms with Gasteiger partial charge in [0.1, 0.15) is 11.5 Å². The van der Waals surface area contributed by atoms with Gasteiger partial charge in [0.05, 0.1) is 20.3 Å². The Morgan fingerprint density at radius 2 is 1.30 bits per heavy atom. The van der Waals surface area contributed by atoms with E-state index < -0.39 is 17.9 Å². The zero-order valence-electron chi connectivity index (χ0n) is 26.2. The highest BCUT2D eigenvalue weighted by Gasteiger charge is 2.14. The summed E-state index contributed by atoms with van der Waals surface area (Å²) in [5, 5.41) is 0. The van der Waals surface area contributed by atoms with Crippen molar-refractivity contribution < 1.29 is 38.1 Å². The van der Waals surface area contributed by atoms with Gasteiger partial charge in [-0.25, -0.2) is 14.4 Å². The maximum Gasteiger partial charge on any atom is 0.338 e. The zero-order valence-corrected chi connectivity index (χ0v) is 26.2. The van der Waals surface area contributed by atoms with Crippen molar-refractivity contribution in [3.8, 4) is 11.5 Å². The summed E-state index contributed by atoms with van der Waals surface area (Å²) < 4.78 is 21.5. The van der Waals surface area contributed by atoms with Crippen molar-refractivity contribution >= 4 is 35.8 Å². The fraction of sp³-hybridized carbons (Fsp3) is 0.333. The number of carbonyl (C=O) groups is 4. The van der Waals surface area contributed by atoms with Crippen LogP contribution in [0.3, 0.4) is 0 Å². The predicted octanol–water partition coefficient (Wildman–Crippen LogP) is 6.80. The molecular formula is C36H42O8. The fourth-order valence-electron chi connectivity index (χ4n) is 4.11. The maximum atomic E-state index is 12.2. The number of rotatable bonds is 18. The van der Waals surface area contributed by atoms with Gasteiger partial charge >= 0.3 is 17.9 Å². The van der Waals surface area contributed by atoms with Gasteiger partial charge in [-0.1, -0.05) is 37.9 Å². The Bertz CT molecular complexity index is 1410. The lowest BCUT2D eigenvalue weighted by Crippen LogP contribution is -2.08. The molecule has 0 heterocycles. The third-order valence-corrected chi connectivity index (χ3v) is 6.54. The number of allylic oxidation sites excluding steroid dienone is 1. The lowest BCUT2D eigenvalue weighted by Gasteiger charge is -2.16. The average Bonchev–Trinajstić information content (AvgIpc) is 2.99. The Kier molecular flexibility index (Phi) is 14.6. The van der Waals surface area contributed by atoms with E-state index in [-0.39, 0.29) is 12.2 Å². The van der Waals surface area contributed by atoms with Crippen LogP contribution >= 0.6 is 0 Å². The van der Waals surface area contributed by atoms with Crippen molar-refractivity contribution in [3.63, 3.8) is 0 Å². The maximum absolute atomic E-state index is 12.2. The molecule has 234 valence electrons. The lowest BCUT2D eigenvalue weighted by molar-refractivity contribution is -0.139. The fourth-order valence-corrected chi connectivity index (χ4v) is 4.11. The van der Waals surface area contributed by atoms with Crippen molar-refractivity contribution in [2.75, 3.05) is 20.3 Å². The highest BCUT2D eigenvalue weighted by atomic mass is 16.5. The van der Waals surface area contributed by atoms with Gasteiger partial charge in [-0.15, -0.1) is 0 Å². The molecule has 0 N–H and O–H groups in total. The topological polar surface area (TPSA) is 105 Å². The van der Waals surface area contributed by atoms with Crippen molar-refractivity contribution in [3.05, 3.63) is 95.1 Å². The summed E-state index contributed by atoms with van der Waals surface area (Å²) in [5.41, 5.74) is 4.86. The number of aldehydes is 1. The van der Waals surface area contributed by atoms with Gasteiger partial charge in [-0.3, -0.25) is 4.79 Å². The first kappa shape index (κ1) is 35.5. The van der Waals surface area contributed by atoms with E-state index >= 15 is 0 Å². The molecule has 2 aromatic carbocycles. The van der Waals surface area contributed by atoms with E-state index in [4.69, 9.17) is 18.9 Å². The first-order valence-electron chi connectivity index (χ1n) is 14.5. The molecule has 2 rings (SSSR count). The number of hydrogen-bond acceptors (Lipinski definition) is 8. The molecule has 0 aliphatic rings. The van der Waals surface area contributed by atoms with E-state index in [0.29, 0.717) is 59.7 Å². The standard InChI is InChI=1S/C36H42O8/c1-24(2)34(38)42-18-10-8-12-27-20-29(13-9-11-19-43-35(39)25(3)4)32(33(21-27)41-7)22-30(23-37)28-14-16-31(17-15-28)44-36(40)26(5)6/h14-17,20-23H,1,3,5,8-13,18-19H2,2,4,6-7H3/b30-22+. The molecule has 44 heavy (non-hydrogen) atoms. The smallest absolute Gasteiger partial charge is 0.338 e. The Balaban J connectivity index is 2.32. The van der Waals surface area contributed by atoms with Crippen molar-refractivity contribution in [1.82, 2.24) is 0 Å². The van der Waals surface area contributed by atoms with E-state index in [1.807, 2.05) is 6.07 Å². The molecule has 0 fully saturated rings. The minimum absolute atomic E-state index is 0.276. The summed E-state index contributed by atoms with van der Waals surface area (Å²) >= 11 is 0. The normalized spacial score (nSPS) is 10.9. The molecule has 0 radical (unpaired) electrons. The highest BCUT2D eigenvalue weighted by molar-refractivity contribution is 6.13. The van der Waals surface area contributed by atoms with Crippen LogP contribution in [0.25, 0.3) is 11.6 Å². The molecule has 0 aliphatic carbocycles. The molecule has 0 aliphatic heterocycles. The van der Waals surface area contributed by atoms with E-state index in [9.17, 15) is 19.2 Å². The second kappa shape index (κ2) is 18.1. The lowest BCUT2D eigenvalue weighted by atomic mass is 9.93. The van der Waals surface area contributed by atoms with Crippen molar-refractivity contribution in [2.45, 2.75) is 59.3 Å². The molecule has 0 unspecified atom stereocenters. The van der Waals surface area contributed by atoms with Crippen LogP contribution in [0.4, 0.5) is 0 Å². The highest BCUT2D eigenvalue weighted by Crippen LogP contribution is 2.31. The summed E-state index contributed by atoms with van der Waals surface area (Å²) in [6.07, 6.45) is 6.81. The summed E-state index contributed by atoms with van der Waals surface area (Å²) in [6, 6.07) is 10.7. The van der Waals surface area contributed by atoms with Crippen LogP contribution in [0.5, 0.6) is 11.5 Å². The Morgan fingerprint density at radius 1 is 0.750 bits per heavy atom. The van der Waals surface area contributed by atoms with Crippen LogP contribution in [0.2, 0.25) is 0 Å². The Hall–Kier alpha value is -4.72. The molecule has 0 saturated carbocycles. The minimum atomic E-state index is -0.527. The van der Waals surface area contributed by atoms with Gasteiger partial charge in [-0.2, -0.15) is 0 Å². The van der Waals surface area contributed by atoms with Gasteiger partial charge < -0.3 is 18.9 Å². The number of esters is 3. The summed E-state index contributed by atoms with van der Waals surface area (Å²) in [7, 11) is 1.58. The van der Waals surface area contributed by atoms with Gasteiger partial charge in [0.25, 0.3) is 0 Å². The number of unbranched alkanes of at least 4 members (excludes halogenated alkanes) is 2. The minimum Gasteiger partial charge on any atom is -0.496 e. The molecule has 8 nitrogen and oxygen atoms in total. The number of hydrogen-bond donors (Lipinski definition) is 0. The van der Waals surface area contributed by atoms with Crippen LogP contribution in [0.1, 0.15) is 68.7 Å². The number of aryl methyl sites for hydroxylation is 2. The molecular weight excluding hydrogens is 560 g/mol. The second-order valence-electron chi connectivity index (χ2n) is 10.5. The van der Waals surface area contributed by atoms with Gasteiger partial charge in [0, 0.05) is 27.9 Å². The van der Waals surface area contributed by atoms with Crippen molar-refractivity contribution in [1.29, 1.82) is 0 Å². The first-order chi connectivity index (χ1) is 21.0. The SMILES string of the molecule is C=C(C)C(=O)OCCCCc1cc(CCCCOC(=O)C(=C)C)c(/C=C(\C=O)c2ccc(OC(=O)C(=C)C)cc2)c(OC)c1. The Morgan fingerprint density at radius 3 is 1.80 bits per heavy atom. The summed E-state index contributed by atoms with van der Waals surface area (Å²) in [4.78, 5) is 47.5. The molecule has 8 heteroatoms. The molecule has 2 aromatic rings. The third kappa shape index (κ3) is 11.5. The van der Waals surface area contributed by atoms with Crippen LogP contribution in [0, 0.1) is 0 Å². The largest absolute Gasteiger partial charge is 0.496 e. The number of carbonyl (C=O) groups excluding carboxylic acids is 4. The summed E-state index contributed by atoms with van der Waals surface area (Å²) in [6.45, 7) is 16.2. The van der Waals surface area contributed by atoms with E-state index in [1.165, 1.54) is 0 Å². The van der Waals surface area contributed by atoms with Gasteiger partial charge in [0.15, 0.2) is 6.29 Å². The molecule has 0 saturated heterocycles. The average molecular weight is 603 g/mol. The van der Waals surface area contributed by atoms with E-state index in [0.717, 1.165) is 42.2 Å². The number of ether oxygens (including phenoxy) is 4. The van der Waals surface area contributed by atoms with E-state index in [2.05, 4.69) is 25.8 Å². The van der Waals surface area contributed by atoms with Crippen molar-refractivity contribution in [2.24, 2.45) is 0 Å². The molecule has 0 spiro atoms. The van der Waals surface area contributed by atoms with Gasteiger partial charge in [-0.05, 0) is 100 Å². The van der Waals surface area contributed by atoms with E-state index in [1.54, 1.807) is 58.2 Å². The number of benzene rings is 2. The summed E-state index contributed by atoms with van der Waals surface area (Å²) in [5.74, 6) is -0.377. The predicted molar refractivity (Wildman–Crippen MR) is 171 cm³/mol. The second-order valence-corrected chi connectivity index (χ2v) is 10.5. The molecule has 0 bridgehead atoms. The first-order valence-corrected chi connectivity index (χ1v) is 14.5. The molecule has 0 aromatic heterocycles. The zero-order chi connectivity index (χ0) is 32.6. The molecule has 0 atom stereocenters. The van der Waals surface area contributed by atoms with Crippen LogP contribution < -0.4 is 9.47 Å². The third-order valence-electron chi connectivity index (χ3n) is 6.54.